The minimum atomic E-state index is -0.430. The second kappa shape index (κ2) is 10.1. The summed E-state index contributed by atoms with van der Waals surface area (Å²) in [6.45, 7) is 0. The van der Waals surface area contributed by atoms with Crippen molar-refractivity contribution in [1.82, 2.24) is 14.5 Å². The third kappa shape index (κ3) is 3.40. The van der Waals surface area contributed by atoms with Crippen LogP contribution in [0, 0.1) is 0 Å². The van der Waals surface area contributed by atoms with Crippen molar-refractivity contribution in [3.8, 4) is 39.5 Å². The molecule has 0 N–H and O–H groups in total. The smallest absolute Gasteiger partial charge is 0.162 e. The van der Waals surface area contributed by atoms with Gasteiger partial charge in [0.25, 0.3) is 0 Å². The van der Waals surface area contributed by atoms with Crippen molar-refractivity contribution in [3.63, 3.8) is 0 Å². The summed E-state index contributed by atoms with van der Waals surface area (Å²) in [5, 5.41) is 5.86. The zero-order valence-corrected chi connectivity index (χ0v) is 28.1. The molecular formula is C49H29N3. The first-order valence-corrected chi connectivity index (χ1v) is 17.9. The Morgan fingerprint density at radius 2 is 0.962 bits per heavy atom. The highest BCUT2D eigenvalue weighted by molar-refractivity contribution is 6.19. The first kappa shape index (κ1) is 27.9. The lowest BCUT2D eigenvalue weighted by atomic mass is 9.70. The molecule has 2 aliphatic carbocycles. The molecule has 0 aliphatic heterocycles. The lowest BCUT2D eigenvalue weighted by molar-refractivity contribution is 0.794. The number of nitrogens with zero attached hydrogens (tertiary/aromatic N) is 3. The van der Waals surface area contributed by atoms with Crippen molar-refractivity contribution < 1.29 is 0 Å². The van der Waals surface area contributed by atoms with Crippen molar-refractivity contribution in [2.24, 2.45) is 0 Å². The van der Waals surface area contributed by atoms with Crippen LogP contribution in [0.25, 0.3) is 82.9 Å². The summed E-state index contributed by atoms with van der Waals surface area (Å²) < 4.78 is 2.38. The van der Waals surface area contributed by atoms with E-state index >= 15 is 0 Å². The Morgan fingerprint density at radius 1 is 0.385 bits per heavy atom. The van der Waals surface area contributed by atoms with Crippen LogP contribution in [0.5, 0.6) is 0 Å². The summed E-state index contributed by atoms with van der Waals surface area (Å²) in [4.78, 5) is 11.0. The molecule has 0 atom stereocenters. The van der Waals surface area contributed by atoms with Crippen LogP contribution in [-0.4, -0.2) is 14.5 Å². The average molecular weight is 660 g/mol. The van der Waals surface area contributed by atoms with Crippen LogP contribution < -0.4 is 0 Å². The molecule has 2 heterocycles. The van der Waals surface area contributed by atoms with Gasteiger partial charge in [-0.1, -0.05) is 158 Å². The molecule has 3 nitrogen and oxygen atoms in total. The van der Waals surface area contributed by atoms with E-state index in [1.807, 2.05) is 0 Å². The fourth-order valence-corrected chi connectivity index (χ4v) is 9.63. The zero-order chi connectivity index (χ0) is 34.0. The molecule has 0 radical (unpaired) electrons. The highest BCUT2D eigenvalue weighted by Crippen LogP contribution is 2.63. The number of fused-ring (bicyclic) bond motifs is 16. The summed E-state index contributed by atoms with van der Waals surface area (Å²) in [5.74, 6) is 1.61. The Bertz CT molecular complexity index is 3100. The van der Waals surface area contributed by atoms with Crippen molar-refractivity contribution in [2.75, 3.05) is 0 Å². The van der Waals surface area contributed by atoms with Crippen molar-refractivity contribution in [3.05, 3.63) is 198 Å². The van der Waals surface area contributed by atoms with Crippen molar-refractivity contribution >= 4 is 43.5 Å². The molecule has 8 aromatic carbocycles. The van der Waals surface area contributed by atoms with Gasteiger partial charge in [-0.15, -0.1) is 0 Å². The van der Waals surface area contributed by atoms with Gasteiger partial charge in [-0.05, 0) is 68.1 Å². The number of hydrogen-bond donors (Lipinski definition) is 0. The molecule has 10 aromatic rings. The summed E-state index contributed by atoms with van der Waals surface area (Å²) in [6.07, 6.45) is 0. The third-order valence-corrected chi connectivity index (χ3v) is 11.6. The maximum absolute atomic E-state index is 5.63. The van der Waals surface area contributed by atoms with Crippen LogP contribution >= 0.6 is 0 Å². The fraction of sp³-hybridized carbons (Fsp3) is 0.0204. The molecule has 52 heavy (non-hydrogen) atoms. The molecule has 0 saturated carbocycles. The highest BCUT2D eigenvalue weighted by atomic mass is 15.1. The van der Waals surface area contributed by atoms with Crippen molar-refractivity contribution in [2.45, 2.75) is 5.41 Å². The van der Waals surface area contributed by atoms with E-state index in [1.165, 1.54) is 66.1 Å². The summed E-state index contributed by atoms with van der Waals surface area (Å²) in [6, 6.07) is 64.0. The van der Waals surface area contributed by atoms with Gasteiger partial charge in [0.05, 0.1) is 22.0 Å². The van der Waals surface area contributed by atoms with E-state index in [0.717, 1.165) is 39.1 Å². The van der Waals surface area contributed by atoms with E-state index in [9.17, 15) is 0 Å². The minimum absolute atomic E-state index is 0.430. The summed E-state index contributed by atoms with van der Waals surface area (Å²) in [7, 11) is 0. The van der Waals surface area contributed by atoms with Gasteiger partial charge in [-0.2, -0.15) is 0 Å². The van der Waals surface area contributed by atoms with Gasteiger partial charge in [-0.3, -0.25) is 4.57 Å². The molecule has 2 aliphatic rings. The lowest BCUT2D eigenvalue weighted by Gasteiger charge is -2.30. The van der Waals surface area contributed by atoms with Gasteiger partial charge in [0, 0.05) is 27.1 Å². The minimum Gasteiger partial charge on any atom is -0.293 e. The van der Waals surface area contributed by atoms with E-state index in [-0.39, 0.29) is 0 Å². The van der Waals surface area contributed by atoms with Crippen LogP contribution in [0.15, 0.2) is 176 Å². The fourth-order valence-electron chi connectivity index (χ4n) is 9.63. The van der Waals surface area contributed by atoms with E-state index in [4.69, 9.17) is 9.97 Å². The topological polar surface area (TPSA) is 30.7 Å². The lowest BCUT2D eigenvalue weighted by Crippen LogP contribution is -2.25. The molecule has 1 spiro atoms. The standard InChI is InChI=1S/C49H29N3/c1-2-15-31-30(14-1)28-29-35-34-18-7-12-27-44(34)52(46(31)35)48-37-20-6-11-26-43(37)50-47(51-48)38-21-13-25-42-45(38)36-19-5-10-24-41(36)49(42)39-22-8-3-16-32(39)33-17-4-9-23-40(33)49/h1-29H. The Labute approximate surface area is 300 Å². The van der Waals surface area contributed by atoms with E-state index in [0.29, 0.717) is 0 Å². The molecule has 0 saturated heterocycles. The number of benzene rings is 8. The monoisotopic (exact) mass is 659 g/mol. The van der Waals surface area contributed by atoms with Crippen LogP contribution in [0.3, 0.4) is 0 Å². The molecule has 0 bridgehead atoms. The van der Waals surface area contributed by atoms with Crippen LogP contribution in [0.2, 0.25) is 0 Å². The molecule has 0 unspecified atom stereocenters. The van der Waals surface area contributed by atoms with Gasteiger partial charge in [0.15, 0.2) is 5.82 Å². The molecule has 0 amide bonds. The third-order valence-electron chi connectivity index (χ3n) is 11.6. The number of aromatic nitrogens is 3. The van der Waals surface area contributed by atoms with E-state index in [1.54, 1.807) is 0 Å². The molecule has 3 heteroatoms. The molecule has 12 rings (SSSR count). The summed E-state index contributed by atoms with van der Waals surface area (Å²) >= 11 is 0. The molecule has 0 fully saturated rings. The molecule has 240 valence electrons. The van der Waals surface area contributed by atoms with Gasteiger partial charge < -0.3 is 0 Å². The first-order valence-electron chi connectivity index (χ1n) is 17.9. The second-order valence-corrected chi connectivity index (χ2v) is 14.0. The van der Waals surface area contributed by atoms with E-state index < -0.39 is 5.41 Å². The van der Waals surface area contributed by atoms with Gasteiger partial charge in [0.1, 0.15) is 5.82 Å². The number of para-hydroxylation sites is 2. The largest absolute Gasteiger partial charge is 0.293 e. The Balaban J connectivity index is 1.20. The van der Waals surface area contributed by atoms with Crippen LogP contribution in [-0.2, 0) is 5.41 Å². The van der Waals surface area contributed by atoms with Gasteiger partial charge in [0.2, 0.25) is 0 Å². The average Bonchev–Trinajstić information content (AvgIpc) is 3.83. The predicted octanol–water partition coefficient (Wildman–Crippen LogP) is 11.9. The summed E-state index contributed by atoms with van der Waals surface area (Å²) in [5.41, 5.74) is 14.1. The highest BCUT2D eigenvalue weighted by Gasteiger charge is 2.52. The number of rotatable bonds is 2. The second-order valence-electron chi connectivity index (χ2n) is 14.0. The van der Waals surface area contributed by atoms with Crippen LogP contribution in [0.1, 0.15) is 22.3 Å². The van der Waals surface area contributed by atoms with E-state index in [2.05, 4.69) is 180 Å². The maximum Gasteiger partial charge on any atom is 0.162 e. The normalized spacial score (nSPS) is 13.5. The Kier molecular flexibility index (Phi) is 5.43. The van der Waals surface area contributed by atoms with Gasteiger partial charge in [-0.25, -0.2) is 9.97 Å². The van der Waals surface area contributed by atoms with Crippen molar-refractivity contribution in [1.29, 1.82) is 0 Å². The quantitative estimate of drug-likeness (QED) is 0.185. The Morgan fingerprint density at radius 3 is 1.75 bits per heavy atom. The molecule has 2 aromatic heterocycles. The van der Waals surface area contributed by atoms with Crippen LogP contribution in [0.4, 0.5) is 0 Å². The SMILES string of the molecule is c1ccc2c(c1)-c1ccccc1C21c2ccccc2-c2c(-c3nc(-n4c5ccccc5c5ccc6ccccc6c54)c4ccccc4n3)cccc21. The zero-order valence-electron chi connectivity index (χ0n) is 28.1. The maximum atomic E-state index is 5.63. The molecular weight excluding hydrogens is 631 g/mol. The first-order chi connectivity index (χ1) is 25.8. The Hall–Kier alpha value is -6.84. The predicted molar refractivity (Wildman–Crippen MR) is 213 cm³/mol. The van der Waals surface area contributed by atoms with Gasteiger partial charge >= 0.3 is 0 Å². The number of hydrogen-bond acceptors (Lipinski definition) is 2.